The number of benzene rings is 1. The lowest BCUT2D eigenvalue weighted by Crippen LogP contribution is -2.50. The molecule has 2 fully saturated rings. The van der Waals surface area contributed by atoms with E-state index in [1.54, 1.807) is 17.0 Å². The van der Waals surface area contributed by atoms with Crippen molar-refractivity contribution in [1.82, 2.24) is 14.8 Å². The largest absolute Gasteiger partial charge is 0.378 e. The molecule has 1 N–H and O–H groups in total. The molecule has 2 amide bonds. The van der Waals surface area contributed by atoms with Crippen molar-refractivity contribution in [2.24, 2.45) is 5.92 Å². The molecule has 7 nitrogen and oxygen atoms in total. The predicted octanol–water partition coefficient (Wildman–Crippen LogP) is 1.75. The Morgan fingerprint density at radius 1 is 0.966 bits per heavy atom. The zero-order valence-corrected chi connectivity index (χ0v) is 16.3. The van der Waals surface area contributed by atoms with Crippen molar-refractivity contribution >= 4 is 11.8 Å². The van der Waals surface area contributed by atoms with Crippen LogP contribution in [0.3, 0.4) is 0 Å². The number of H-pyrrole nitrogens is 1. The molecular formula is C22H25N3O4. The van der Waals surface area contributed by atoms with Gasteiger partial charge in [0.2, 0.25) is 5.91 Å². The molecule has 7 heteroatoms. The molecule has 29 heavy (non-hydrogen) atoms. The van der Waals surface area contributed by atoms with Crippen LogP contribution in [0.2, 0.25) is 0 Å². The standard InChI is InChI=1S/C22H25N3O4/c26-20-18(8-9-19(23-20)16-5-2-1-3-6-16)22(28)25-10-4-7-17(15-25)21(27)24-11-13-29-14-12-24/h1-3,5-6,8-9,17H,4,7,10-15H2,(H,23,26). The number of ether oxygens (including phenoxy) is 1. The summed E-state index contributed by atoms with van der Waals surface area (Å²) >= 11 is 0. The highest BCUT2D eigenvalue weighted by molar-refractivity contribution is 5.94. The van der Waals surface area contributed by atoms with Gasteiger partial charge in [0.25, 0.3) is 11.5 Å². The lowest BCUT2D eigenvalue weighted by atomic mass is 9.95. The molecule has 0 spiro atoms. The van der Waals surface area contributed by atoms with Crippen molar-refractivity contribution in [3.8, 4) is 11.3 Å². The van der Waals surface area contributed by atoms with E-state index in [4.69, 9.17) is 4.74 Å². The first-order valence-corrected chi connectivity index (χ1v) is 10.1. The average molecular weight is 395 g/mol. The van der Waals surface area contributed by atoms with Crippen molar-refractivity contribution in [2.75, 3.05) is 39.4 Å². The van der Waals surface area contributed by atoms with Gasteiger partial charge in [-0.3, -0.25) is 14.4 Å². The van der Waals surface area contributed by atoms with Gasteiger partial charge in [0, 0.05) is 31.9 Å². The van der Waals surface area contributed by atoms with Gasteiger partial charge in [-0.05, 0) is 30.5 Å². The number of likely N-dealkylation sites (tertiary alicyclic amines) is 1. The molecular weight excluding hydrogens is 370 g/mol. The number of piperidine rings is 1. The van der Waals surface area contributed by atoms with Gasteiger partial charge in [0.15, 0.2) is 0 Å². The van der Waals surface area contributed by atoms with Crippen LogP contribution in [0.1, 0.15) is 23.2 Å². The molecule has 2 aliphatic heterocycles. The topological polar surface area (TPSA) is 82.7 Å². The number of aromatic amines is 1. The summed E-state index contributed by atoms with van der Waals surface area (Å²) in [5.41, 5.74) is 1.27. The van der Waals surface area contributed by atoms with E-state index in [1.807, 2.05) is 35.2 Å². The first-order valence-electron chi connectivity index (χ1n) is 10.1. The van der Waals surface area contributed by atoms with Gasteiger partial charge in [-0.2, -0.15) is 0 Å². The highest BCUT2D eigenvalue weighted by Crippen LogP contribution is 2.21. The summed E-state index contributed by atoms with van der Waals surface area (Å²) in [5.74, 6) is -0.446. The van der Waals surface area contributed by atoms with E-state index in [0.29, 0.717) is 45.1 Å². The van der Waals surface area contributed by atoms with Gasteiger partial charge in [-0.1, -0.05) is 30.3 Å². The number of hydrogen-bond donors (Lipinski definition) is 1. The van der Waals surface area contributed by atoms with Crippen LogP contribution < -0.4 is 5.56 Å². The zero-order chi connectivity index (χ0) is 20.2. The third kappa shape index (κ3) is 4.24. The van der Waals surface area contributed by atoms with E-state index in [0.717, 1.165) is 18.4 Å². The summed E-state index contributed by atoms with van der Waals surface area (Å²) in [7, 11) is 0. The van der Waals surface area contributed by atoms with Gasteiger partial charge < -0.3 is 19.5 Å². The van der Waals surface area contributed by atoms with Crippen LogP contribution in [0.5, 0.6) is 0 Å². The molecule has 0 bridgehead atoms. The molecule has 0 saturated carbocycles. The molecule has 2 aromatic rings. The predicted molar refractivity (Wildman–Crippen MR) is 109 cm³/mol. The van der Waals surface area contributed by atoms with Crippen molar-refractivity contribution in [3.05, 3.63) is 58.4 Å². The highest BCUT2D eigenvalue weighted by atomic mass is 16.5. The summed E-state index contributed by atoms with van der Waals surface area (Å²) in [5, 5.41) is 0. The minimum atomic E-state index is -0.405. The normalized spacial score (nSPS) is 19.8. The molecule has 1 aromatic heterocycles. The number of nitrogens with one attached hydrogen (secondary N) is 1. The number of nitrogens with zero attached hydrogens (tertiary/aromatic N) is 2. The molecule has 1 unspecified atom stereocenters. The van der Waals surface area contributed by atoms with E-state index >= 15 is 0 Å². The summed E-state index contributed by atoms with van der Waals surface area (Å²) < 4.78 is 5.31. The van der Waals surface area contributed by atoms with Crippen molar-refractivity contribution in [1.29, 1.82) is 0 Å². The van der Waals surface area contributed by atoms with E-state index in [1.165, 1.54) is 0 Å². The van der Waals surface area contributed by atoms with Gasteiger partial charge in [-0.25, -0.2) is 0 Å². The van der Waals surface area contributed by atoms with E-state index in [9.17, 15) is 14.4 Å². The molecule has 0 aliphatic carbocycles. The summed E-state index contributed by atoms with van der Waals surface area (Å²) in [4.78, 5) is 44.6. The molecule has 2 saturated heterocycles. The van der Waals surface area contributed by atoms with Crippen LogP contribution in [0, 0.1) is 5.92 Å². The molecule has 4 rings (SSSR count). The minimum Gasteiger partial charge on any atom is -0.378 e. The average Bonchev–Trinajstić information content (AvgIpc) is 2.79. The Morgan fingerprint density at radius 2 is 1.72 bits per heavy atom. The Balaban J connectivity index is 1.47. The first-order chi connectivity index (χ1) is 14.1. The Bertz CT molecular complexity index is 935. The van der Waals surface area contributed by atoms with Crippen molar-refractivity contribution in [3.63, 3.8) is 0 Å². The lowest BCUT2D eigenvalue weighted by Gasteiger charge is -2.36. The molecule has 0 radical (unpaired) electrons. The fourth-order valence-corrected chi connectivity index (χ4v) is 4.00. The van der Waals surface area contributed by atoms with Crippen molar-refractivity contribution in [2.45, 2.75) is 12.8 Å². The third-order valence-corrected chi connectivity index (χ3v) is 5.61. The maximum absolute atomic E-state index is 13.0. The number of carbonyl (C=O) groups excluding carboxylic acids is 2. The number of rotatable bonds is 3. The van der Waals surface area contributed by atoms with Gasteiger partial charge in [0.05, 0.1) is 19.1 Å². The van der Waals surface area contributed by atoms with Crippen LogP contribution >= 0.6 is 0 Å². The van der Waals surface area contributed by atoms with E-state index in [-0.39, 0.29) is 23.3 Å². The highest BCUT2D eigenvalue weighted by Gasteiger charge is 2.32. The van der Waals surface area contributed by atoms with Gasteiger partial charge in [-0.15, -0.1) is 0 Å². The summed E-state index contributed by atoms with van der Waals surface area (Å²) in [6, 6.07) is 12.8. The number of morpholine rings is 1. The maximum Gasteiger partial charge on any atom is 0.261 e. The SMILES string of the molecule is O=C(c1ccc(-c2ccccc2)[nH]c1=O)N1CCCC(C(=O)N2CCOCC2)C1. The molecule has 3 heterocycles. The minimum absolute atomic E-state index is 0.0825. The fraction of sp³-hybridized carbons (Fsp3) is 0.409. The van der Waals surface area contributed by atoms with E-state index < -0.39 is 5.56 Å². The Kier molecular flexibility index (Phi) is 5.76. The maximum atomic E-state index is 13.0. The first kappa shape index (κ1) is 19.4. The second kappa shape index (κ2) is 8.61. The zero-order valence-electron chi connectivity index (χ0n) is 16.3. The second-order valence-electron chi connectivity index (χ2n) is 7.51. The fourth-order valence-electron chi connectivity index (χ4n) is 4.00. The monoisotopic (exact) mass is 395 g/mol. The summed E-state index contributed by atoms with van der Waals surface area (Å²) in [6.45, 7) is 3.24. The molecule has 152 valence electrons. The molecule has 1 aromatic carbocycles. The number of carbonyl (C=O) groups is 2. The van der Waals surface area contributed by atoms with Crippen LogP contribution in [-0.4, -0.2) is 66.0 Å². The van der Waals surface area contributed by atoms with Crippen LogP contribution in [0.4, 0.5) is 0 Å². The second-order valence-corrected chi connectivity index (χ2v) is 7.51. The summed E-state index contributed by atoms with van der Waals surface area (Å²) in [6.07, 6.45) is 1.52. The van der Waals surface area contributed by atoms with E-state index in [2.05, 4.69) is 4.98 Å². The van der Waals surface area contributed by atoms with Crippen LogP contribution in [-0.2, 0) is 9.53 Å². The quantitative estimate of drug-likeness (QED) is 0.858. The Labute approximate surface area is 169 Å². The van der Waals surface area contributed by atoms with Crippen molar-refractivity contribution < 1.29 is 14.3 Å². The van der Waals surface area contributed by atoms with Crippen LogP contribution in [0.15, 0.2) is 47.3 Å². The lowest BCUT2D eigenvalue weighted by molar-refractivity contribution is -0.141. The number of amides is 2. The number of aromatic nitrogens is 1. The Morgan fingerprint density at radius 3 is 2.45 bits per heavy atom. The Hall–Kier alpha value is -2.93. The molecule has 2 aliphatic rings. The van der Waals surface area contributed by atoms with Gasteiger partial charge in [0.1, 0.15) is 5.56 Å². The number of pyridine rings is 1. The number of hydrogen-bond acceptors (Lipinski definition) is 4. The smallest absolute Gasteiger partial charge is 0.261 e. The van der Waals surface area contributed by atoms with Gasteiger partial charge >= 0.3 is 0 Å². The third-order valence-electron chi connectivity index (χ3n) is 5.61. The molecule has 1 atom stereocenters. The van der Waals surface area contributed by atoms with Crippen LogP contribution in [0.25, 0.3) is 11.3 Å².